The molecule has 0 aromatic heterocycles. The summed E-state index contributed by atoms with van der Waals surface area (Å²) in [5.41, 5.74) is 1.40. The van der Waals surface area contributed by atoms with Gasteiger partial charge in [0.25, 0.3) is 0 Å². The predicted molar refractivity (Wildman–Crippen MR) is 79.0 cm³/mol. The van der Waals surface area contributed by atoms with E-state index in [1.165, 1.54) is 18.4 Å². The van der Waals surface area contributed by atoms with Crippen molar-refractivity contribution in [1.29, 1.82) is 0 Å². The molecule has 2 rings (SSSR count). The van der Waals surface area contributed by atoms with Crippen molar-refractivity contribution in [2.24, 2.45) is 0 Å². The average Bonchev–Trinajstić information content (AvgIpc) is 2.87. The molecule has 2 unspecified atom stereocenters. The molecule has 1 aromatic rings. The topological polar surface area (TPSA) is 21.3 Å². The molecular formula is C15H22BrNO. The lowest BCUT2D eigenvalue weighted by Crippen LogP contribution is -2.24. The molecule has 1 saturated heterocycles. The van der Waals surface area contributed by atoms with Crippen LogP contribution >= 0.6 is 15.9 Å². The highest BCUT2D eigenvalue weighted by Crippen LogP contribution is 2.28. The molecule has 3 heteroatoms. The molecule has 1 aliphatic heterocycles. The molecule has 2 atom stereocenters. The smallest absolute Gasteiger partial charge is 0.0582 e. The van der Waals surface area contributed by atoms with E-state index in [4.69, 9.17) is 4.74 Å². The van der Waals surface area contributed by atoms with E-state index in [2.05, 4.69) is 52.4 Å². The van der Waals surface area contributed by atoms with Gasteiger partial charge in [0.15, 0.2) is 0 Å². The molecule has 18 heavy (non-hydrogen) atoms. The van der Waals surface area contributed by atoms with E-state index in [1.807, 2.05) is 0 Å². The SMILES string of the molecule is CCNCC(CC1CCCO1)c1cccc(Br)c1. The minimum absolute atomic E-state index is 0.452. The molecular weight excluding hydrogens is 290 g/mol. The minimum Gasteiger partial charge on any atom is -0.378 e. The van der Waals surface area contributed by atoms with Crippen LogP contribution in [0.1, 0.15) is 37.7 Å². The van der Waals surface area contributed by atoms with Crippen molar-refractivity contribution in [2.45, 2.75) is 38.2 Å². The van der Waals surface area contributed by atoms with Crippen LogP contribution in [-0.2, 0) is 4.74 Å². The van der Waals surface area contributed by atoms with Crippen LogP contribution in [0.25, 0.3) is 0 Å². The zero-order chi connectivity index (χ0) is 12.8. The van der Waals surface area contributed by atoms with Crippen LogP contribution in [0.2, 0.25) is 0 Å². The predicted octanol–water partition coefficient (Wildman–Crippen LogP) is 3.71. The highest BCUT2D eigenvalue weighted by molar-refractivity contribution is 9.10. The fraction of sp³-hybridized carbons (Fsp3) is 0.600. The molecule has 1 N–H and O–H groups in total. The summed E-state index contributed by atoms with van der Waals surface area (Å²) in [4.78, 5) is 0. The first kappa shape index (κ1) is 14.0. The molecule has 2 nitrogen and oxygen atoms in total. The first-order valence-corrected chi connectivity index (χ1v) is 7.66. The maximum absolute atomic E-state index is 5.78. The van der Waals surface area contributed by atoms with Gasteiger partial charge >= 0.3 is 0 Å². The van der Waals surface area contributed by atoms with Gasteiger partial charge in [0.1, 0.15) is 0 Å². The lowest BCUT2D eigenvalue weighted by Gasteiger charge is -2.21. The number of hydrogen-bond acceptors (Lipinski definition) is 2. The molecule has 0 bridgehead atoms. The third-order valence-corrected chi connectivity index (χ3v) is 4.03. The first-order valence-electron chi connectivity index (χ1n) is 6.87. The summed E-state index contributed by atoms with van der Waals surface area (Å²) in [6.45, 7) is 5.16. The van der Waals surface area contributed by atoms with Crippen molar-refractivity contribution < 1.29 is 4.74 Å². The summed E-state index contributed by atoms with van der Waals surface area (Å²) in [5.74, 6) is 0.547. The maximum atomic E-state index is 5.78. The molecule has 0 amide bonds. The van der Waals surface area contributed by atoms with Crippen molar-refractivity contribution in [3.8, 4) is 0 Å². The van der Waals surface area contributed by atoms with Crippen molar-refractivity contribution in [2.75, 3.05) is 19.7 Å². The molecule has 1 aromatic carbocycles. The second-order valence-corrected chi connectivity index (χ2v) is 5.85. The van der Waals surface area contributed by atoms with Gasteiger partial charge in [-0.25, -0.2) is 0 Å². The number of benzene rings is 1. The van der Waals surface area contributed by atoms with Gasteiger partial charge in [-0.05, 0) is 49.4 Å². The summed E-state index contributed by atoms with van der Waals surface area (Å²) >= 11 is 3.56. The fourth-order valence-corrected chi connectivity index (χ4v) is 2.98. The van der Waals surface area contributed by atoms with Gasteiger partial charge in [0, 0.05) is 17.6 Å². The molecule has 0 saturated carbocycles. The Balaban J connectivity index is 2.03. The lowest BCUT2D eigenvalue weighted by atomic mass is 9.92. The van der Waals surface area contributed by atoms with Gasteiger partial charge in [-0.2, -0.15) is 0 Å². The summed E-state index contributed by atoms with van der Waals surface area (Å²) in [6, 6.07) is 8.66. The minimum atomic E-state index is 0.452. The van der Waals surface area contributed by atoms with Gasteiger partial charge < -0.3 is 10.1 Å². The van der Waals surface area contributed by atoms with E-state index >= 15 is 0 Å². The zero-order valence-corrected chi connectivity index (χ0v) is 12.6. The summed E-state index contributed by atoms with van der Waals surface area (Å²) in [5, 5.41) is 3.47. The van der Waals surface area contributed by atoms with E-state index in [1.54, 1.807) is 0 Å². The second kappa shape index (κ2) is 7.27. The fourth-order valence-electron chi connectivity index (χ4n) is 2.56. The number of ether oxygens (including phenoxy) is 1. The Hall–Kier alpha value is -0.380. The molecule has 0 radical (unpaired) electrons. The van der Waals surface area contributed by atoms with Crippen molar-refractivity contribution in [1.82, 2.24) is 5.32 Å². The van der Waals surface area contributed by atoms with Crippen LogP contribution in [0.5, 0.6) is 0 Å². The van der Waals surface area contributed by atoms with Gasteiger partial charge in [0.05, 0.1) is 6.10 Å². The van der Waals surface area contributed by atoms with Crippen LogP contribution in [0, 0.1) is 0 Å². The van der Waals surface area contributed by atoms with Gasteiger partial charge in [-0.1, -0.05) is 35.0 Å². The average molecular weight is 312 g/mol. The van der Waals surface area contributed by atoms with Crippen molar-refractivity contribution in [3.63, 3.8) is 0 Å². The van der Waals surface area contributed by atoms with E-state index in [9.17, 15) is 0 Å². The number of rotatable bonds is 6. The normalized spacial score (nSPS) is 21.1. The Kier molecular flexibility index (Phi) is 5.67. The number of hydrogen-bond donors (Lipinski definition) is 1. The van der Waals surface area contributed by atoms with Crippen LogP contribution in [0.3, 0.4) is 0 Å². The summed E-state index contributed by atoms with van der Waals surface area (Å²) in [6.07, 6.45) is 4.02. The summed E-state index contributed by atoms with van der Waals surface area (Å²) in [7, 11) is 0. The third kappa shape index (κ3) is 4.08. The number of likely N-dealkylation sites (N-methyl/N-ethyl adjacent to an activating group) is 1. The Labute approximate surface area is 118 Å². The molecule has 0 spiro atoms. The molecule has 1 aliphatic rings. The number of nitrogens with one attached hydrogen (secondary N) is 1. The Morgan fingerprint density at radius 3 is 3.06 bits per heavy atom. The van der Waals surface area contributed by atoms with E-state index in [0.717, 1.165) is 30.6 Å². The van der Waals surface area contributed by atoms with Crippen molar-refractivity contribution in [3.05, 3.63) is 34.3 Å². The first-order chi connectivity index (χ1) is 8.79. The Morgan fingerprint density at radius 1 is 1.50 bits per heavy atom. The van der Waals surface area contributed by atoms with Gasteiger partial charge in [-0.3, -0.25) is 0 Å². The molecule has 100 valence electrons. The van der Waals surface area contributed by atoms with Crippen LogP contribution in [0.15, 0.2) is 28.7 Å². The van der Waals surface area contributed by atoms with Crippen LogP contribution in [0.4, 0.5) is 0 Å². The van der Waals surface area contributed by atoms with E-state index < -0.39 is 0 Å². The highest BCUT2D eigenvalue weighted by atomic mass is 79.9. The Morgan fingerprint density at radius 2 is 2.39 bits per heavy atom. The Bertz CT molecular complexity index is 363. The third-order valence-electron chi connectivity index (χ3n) is 3.53. The monoisotopic (exact) mass is 311 g/mol. The zero-order valence-electron chi connectivity index (χ0n) is 11.0. The molecule has 1 heterocycles. The molecule has 0 aliphatic carbocycles. The van der Waals surface area contributed by atoms with E-state index in [0.29, 0.717) is 12.0 Å². The van der Waals surface area contributed by atoms with Gasteiger partial charge in [-0.15, -0.1) is 0 Å². The lowest BCUT2D eigenvalue weighted by molar-refractivity contribution is 0.0977. The quantitative estimate of drug-likeness (QED) is 0.864. The largest absolute Gasteiger partial charge is 0.378 e. The highest BCUT2D eigenvalue weighted by Gasteiger charge is 2.21. The van der Waals surface area contributed by atoms with E-state index in [-0.39, 0.29) is 0 Å². The summed E-state index contributed by atoms with van der Waals surface area (Å²) < 4.78 is 6.94. The number of halogens is 1. The van der Waals surface area contributed by atoms with Crippen LogP contribution < -0.4 is 5.32 Å². The maximum Gasteiger partial charge on any atom is 0.0582 e. The van der Waals surface area contributed by atoms with Crippen LogP contribution in [-0.4, -0.2) is 25.8 Å². The van der Waals surface area contributed by atoms with Gasteiger partial charge in [0.2, 0.25) is 0 Å². The second-order valence-electron chi connectivity index (χ2n) is 4.93. The van der Waals surface area contributed by atoms with Crippen molar-refractivity contribution >= 4 is 15.9 Å². The molecule has 1 fully saturated rings. The standard InChI is InChI=1S/C15H22BrNO/c1-2-17-11-13(10-15-7-4-8-18-15)12-5-3-6-14(16)9-12/h3,5-6,9,13,15,17H,2,4,7-8,10-11H2,1H3.